The first-order chi connectivity index (χ1) is 8.81. The van der Waals surface area contributed by atoms with Crippen LogP contribution in [0.3, 0.4) is 0 Å². The maximum absolute atomic E-state index is 5.85. The molecule has 2 aromatic rings. The van der Waals surface area contributed by atoms with Gasteiger partial charge in [-0.2, -0.15) is 0 Å². The average molecular weight is 261 g/mol. The highest BCUT2D eigenvalue weighted by molar-refractivity contribution is 6.30. The molecule has 3 rings (SSSR count). The van der Waals surface area contributed by atoms with Crippen molar-refractivity contribution in [2.24, 2.45) is 4.99 Å². The van der Waals surface area contributed by atoms with Gasteiger partial charge in [-0.1, -0.05) is 23.7 Å². The summed E-state index contributed by atoms with van der Waals surface area (Å²) in [5.74, 6) is 0.805. The van der Waals surface area contributed by atoms with Gasteiger partial charge in [-0.15, -0.1) is 0 Å². The fourth-order valence-electron chi connectivity index (χ4n) is 1.98. The molecule has 4 nitrogen and oxygen atoms in total. The minimum absolute atomic E-state index is 0.244. The first-order valence-electron chi connectivity index (χ1n) is 5.85. The van der Waals surface area contributed by atoms with Gasteiger partial charge in [0.15, 0.2) is 5.82 Å². The van der Waals surface area contributed by atoms with E-state index in [-0.39, 0.29) is 6.04 Å². The second kappa shape index (κ2) is 4.92. The molecule has 1 aliphatic rings. The standard InChI is InChI=1S/C13H13ClN4/c14-10-3-1-9(2-4-10)6-15-11-5-12-13(16-7-11)18-8-17-12/h1-4,7-8,11,15H,5-6H2,(H,17,18). The number of H-pyrrole nitrogens is 1. The van der Waals surface area contributed by atoms with Gasteiger partial charge < -0.3 is 10.3 Å². The van der Waals surface area contributed by atoms with Crippen molar-refractivity contribution in [1.29, 1.82) is 0 Å². The Morgan fingerprint density at radius 3 is 3.00 bits per heavy atom. The van der Waals surface area contributed by atoms with Gasteiger partial charge in [-0.05, 0) is 17.7 Å². The van der Waals surface area contributed by atoms with Crippen LogP contribution >= 0.6 is 11.6 Å². The summed E-state index contributed by atoms with van der Waals surface area (Å²) < 4.78 is 0. The normalized spacial score (nSPS) is 17.7. The summed E-state index contributed by atoms with van der Waals surface area (Å²) in [6.07, 6.45) is 4.50. The smallest absolute Gasteiger partial charge is 0.172 e. The van der Waals surface area contributed by atoms with E-state index in [1.165, 1.54) is 5.56 Å². The van der Waals surface area contributed by atoms with Gasteiger partial charge in [0.25, 0.3) is 0 Å². The zero-order valence-electron chi connectivity index (χ0n) is 9.73. The Bertz CT molecular complexity index is 559. The van der Waals surface area contributed by atoms with E-state index in [9.17, 15) is 0 Å². The molecule has 0 fully saturated rings. The maximum Gasteiger partial charge on any atom is 0.172 e. The molecule has 0 amide bonds. The molecule has 1 aliphatic heterocycles. The molecule has 1 unspecified atom stereocenters. The Morgan fingerprint density at radius 2 is 2.17 bits per heavy atom. The van der Waals surface area contributed by atoms with Gasteiger partial charge in [0.2, 0.25) is 0 Å². The lowest BCUT2D eigenvalue weighted by atomic mass is 10.1. The highest BCUT2D eigenvalue weighted by atomic mass is 35.5. The summed E-state index contributed by atoms with van der Waals surface area (Å²) in [4.78, 5) is 11.5. The van der Waals surface area contributed by atoms with Crippen molar-refractivity contribution < 1.29 is 0 Å². The van der Waals surface area contributed by atoms with Crippen LogP contribution in [0.15, 0.2) is 35.6 Å². The van der Waals surface area contributed by atoms with Crippen LogP contribution in [0, 0.1) is 0 Å². The van der Waals surface area contributed by atoms with Crippen molar-refractivity contribution in [2.75, 3.05) is 0 Å². The summed E-state index contributed by atoms with van der Waals surface area (Å²) in [5, 5.41) is 4.21. The number of benzene rings is 1. The molecule has 92 valence electrons. The lowest BCUT2D eigenvalue weighted by molar-refractivity contribution is 0.613. The molecule has 0 radical (unpaired) electrons. The van der Waals surface area contributed by atoms with Crippen molar-refractivity contribution >= 4 is 23.6 Å². The zero-order chi connectivity index (χ0) is 12.4. The lowest BCUT2D eigenvalue weighted by Gasteiger charge is -2.17. The predicted octanol–water partition coefficient (Wildman–Crippen LogP) is 2.48. The van der Waals surface area contributed by atoms with Crippen molar-refractivity contribution in [3.63, 3.8) is 0 Å². The third-order valence-electron chi connectivity index (χ3n) is 2.98. The Hall–Kier alpha value is -1.65. The van der Waals surface area contributed by atoms with E-state index in [1.807, 2.05) is 30.5 Å². The molecule has 2 N–H and O–H groups in total. The average Bonchev–Trinajstić information content (AvgIpc) is 2.85. The van der Waals surface area contributed by atoms with Crippen LogP contribution in [0.25, 0.3) is 0 Å². The number of nitrogens with one attached hydrogen (secondary N) is 2. The second-order valence-electron chi connectivity index (χ2n) is 4.30. The number of aromatic amines is 1. The van der Waals surface area contributed by atoms with Gasteiger partial charge >= 0.3 is 0 Å². The third-order valence-corrected chi connectivity index (χ3v) is 3.23. The lowest BCUT2D eigenvalue weighted by Crippen LogP contribution is -2.33. The van der Waals surface area contributed by atoms with E-state index < -0.39 is 0 Å². The number of fused-ring (bicyclic) bond motifs is 1. The minimum atomic E-state index is 0.244. The van der Waals surface area contributed by atoms with Crippen molar-refractivity contribution in [3.8, 4) is 0 Å². The molecule has 0 saturated heterocycles. The number of hydrogen-bond acceptors (Lipinski definition) is 3. The van der Waals surface area contributed by atoms with E-state index in [0.29, 0.717) is 0 Å². The predicted molar refractivity (Wildman–Crippen MR) is 72.5 cm³/mol. The monoisotopic (exact) mass is 260 g/mol. The number of nitrogens with zero attached hydrogens (tertiary/aromatic N) is 2. The van der Waals surface area contributed by atoms with Crippen molar-refractivity contribution in [3.05, 3.63) is 46.9 Å². The van der Waals surface area contributed by atoms with Gasteiger partial charge in [-0.25, -0.2) is 9.98 Å². The van der Waals surface area contributed by atoms with Crippen LogP contribution in [0.2, 0.25) is 5.02 Å². The topological polar surface area (TPSA) is 53.1 Å². The largest absolute Gasteiger partial charge is 0.347 e. The number of hydrogen-bond donors (Lipinski definition) is 2. The highest BCUT2D eigenvalue weighted by Crippen LogP contribution is 2.19. The molecule has 1 aromatic carbocycles. The molecule has 2 heterocycles. The van der Waals surface area contributed by atoms with Gasteiger partial charge in [0.1, 0.15) is 0 Å². The van der Waals surface area contributed by atoms with Crippen LogP contribution < -0.4 is 5.32 Å². The molecular formula is C13H13ClN4. The number of aromatic nitrogens is 2. The van der Waals surface area contributed by atoms with Crippen LogP contribution in [-0.2, 0) is 13.0 Å². The molecule has 0 bridgehead atoms. The second-order valence-corrected chi connectivity index (χ2v) is 4.74. The molecule has 0 saturated carbocycles. The fraction of sp³-hybridized carbons (Fsp3) is 0.231. The highest BCUT2D eigenvalue weighted by Gasteiger charge is 2.16. The SMILES string of the molecule is Clc1ccc(CNC2C=Nc3nc[nH]c3C2)cc1. The quantitative estimate of drug-likeness (QED) is 0.891. The molecule has 5 heteroatoms. The van der Waals surface area contributed by atoms with E-state index in [0.717, 1.165) is 29.5 Å². The third kappa shape index (κ3) is 2.44. The van der Waals surface area contributed by atoms with Crippen LogP contribution in [0.4, 0.5) is 5.82 Å². The van der Waals surface area contributed by atoms with Gasteiger partial charge in [-0.3, -0.25) is 0 Å². The van der Waals surface area contributed by atoms with E-state index in [1.54, 1.807) is 6.33 Å². The first kappa shape index (κ1) is 11.4. The Labute approximate surface area is 110 Å². The zero-order valence-corrected chi connectivity index (χ0v) is 10.5. The minimum Gasteiger partial charge on any atom is -0.347 e. The molecule has 0 aliphatic carbocycles. The maximum atomic E-state index is 5.85. The molecule has 1 atom stereocenters. The van der Waals surface area contributed by atoms with Gasteiger partial charge in [0.05, 0.1) is 12.0 Å². The molecular weight excluding hydrogens is 248 g/mol. The Kier molecular flexibility index (Phi) is 3.13. The van der Waals surface area contributed by atoms with E-state index in [4.69, 9.17) is 11.6 Å². The molecule has 0 spiro atoms. The van der Waals surface area contributed by atoms with E-state index in [2.05, 4.69) is 20.3 Å². The fourth-order valence-corrected chi connectivity index (χ4v) is 2.11. The van der Waals surface area contributed by atoms with Crippen LogP contribution in [0.5, 0.6) is 0 Å². The number of halogens is 1. The van der Waals surface area contributed by atoms with Crippen molar-refractivity contribution in [2.45, 2.75) is 19.0 Å². The number of aliphatic imine (C=N–C) groups is 1. The number of imidazole rings is 1. The summed E-state index contributed by atoms with van der Waals surface area (Å²) in [6, 6.07) is 8.10. The summed E-state index contributed by atoms with van der Waals surface area (Å²) in [5.41, 5.74) is 2.30. The summed E-state index contributed by atoms with van der Waals surface area (Å²) in [6.45, 7) is 0.803. The Balaban J connectivity index is 1.60. The molecule has 18 heavy (non-hydrogen) atoms. The first-order valence-corrected chi connectivity index (χ1v) is 6.23. The van der Waals surface area contributed by atoms with Gasteiger partial charge in [0, 0.05) is 30.2 Å². The Morgan fingerprint density at radius 1 is 1.33 bits per heavy atom. The summed E-state index contributed by atoms with van der Waals surface area (Å²) in [7, 11) is 0. The van der Waals surface area contributed by atoms with E-state index >= 15 is 0 Å². The van der Waals surface area contributed by atoms with Crippen LogP contribution in [-0.4, -0.2) is 22.2 Å². The summed E-state index contributed by atoms with van der Waals surface area (Å²) >= 11 is 5.85. The van der Waals surface area contributed by atoms with Crippen LogP contribution in [0.1, 0.15) is 11.3 Å². The number of rotatable bonds is 3. The molecule has 1 aromatic heterocycles. The van der Waals surface area contributed by atoms with Crippen molar-refractivity contribution in [1.82, 2.24) is 15.3 Å².